The van der Waals surface area contributed by atoms with E-state index in [0.29, 0.717) is 18.1 Å². The molecule has 0 aliphatic rings. The Bertz CT molecular complexity index is 802. The molecule has 0 N–H and O–H groups in total. The fourth-order valence-corrected chi connectivity index (χ4v) is 2.17. The first-order valence-electron chi connectivity index (χ1n) is 6.64. The summed E-state index contributed by atoms with van der Waals surface area (Å²) in [4.78, 5) is 8.90. The molecule has 2 heterocycles. The molecule has 0 atom stereocenters. The molecule has 3 aromatic rings. The summed E-state index contributed by atoms with van der Waals surface area (Å²) in [5.41, 5.74) is 2.55. The molecule has 0 spiro atoms. The quantitative estimate of drug-likeness (QED) is 0.736. The number of nitrogens with zero attached hydrogens (tertiary/aromatic N) is 4. The van der Waals surface area contributed by atoms with Crippen LogP contribution in [0.5, 0.6) is 5.75 Å². The molecule has 21 heavy (non-hydrogen) atoms. The average molecular weight is 278 g/mol. The second-order valence-electron chi connectivity index (χ2n) is 4.73. The van der Waals surface area contributed by atoms with Crippen LogP contribution in [0.25, 0.3) is 11.2 Å². The smallest absolute Gasteiger partial charge is 0.161 e. The number of benzene rings is 1. The minimum atomic E-state index is 0.208. The second kappa shape index (κ2) is 5.63. The van der Waals surface area contributed by atoms with Crippen molar-refractivity contribution in [3.05, 3.63) is 54.0 Å². The predicted molar refractivity (Wildman–Crippen MR) is 78.7 cm³/mol. The molecule has 104 valence electrons. The van der Waals surface area contributed by atoms with Crippen LogP contribution in [-0.2, 0) is 13.2 Å². The predicted octanol–water partition coefficient (Wildman–Crippen LogP) is 2.84. The zero-order chi connectivity index (χ0) is 14.7. The number of hydrogen-bond acceptors (Lipinski definition) is 4. The van der Waals surface area contributed by atoms with E-state index >= 15 is 0 Å². The number of hydrogen-bond donors (Lipinski definition) is 0. The van der Waals surface area contributed by atoms with Gasteiger partial charge in [-0.3, -0.25) is 4.57 Å². The van der Waals surface area contributed by atoms with Gasteiger partial charge in [0.1, 0.15) is 30.2 Å². The lowest BCUT2D eigenvalue weighted by atomic mass is 10.3. The van der Waals surface area contributed by atoms with E-state index in [0.717, 1.165) is 16.8 Å². The van der Waals surface area contributed by atoms with E-state index in [9.17, 15) is 0 Å². The lowest BCUT2D eigenvalue weighted by Crippen LogP contribution is -2.07. The number of imidazole rings is 1. The molecular weight excluding hydrogens is 264 g/mol. The molecule has 0 saturated heterocycles. The summed E-state index contributed by atoms with van der Waals surface area (Å²) in [7, 11) is 0. The summed E-state index contributed by atoms with van der Waals surface area (Å²) in [5.74, 6) is 1.48. The van der Waals surface area contributed by atoms with Gasteiger partial charge >= 0.3 is 0 Å². The van der Waals surface area contributed by atoms with Crippen molar-refractivity contribution in [2.45, 2.75) is 20.1 Å². The average Bonchev–Trinajstić information content (AvgIpc) is 2.84. The molecule has 5 heteroatoms. The number of fused-ring (bicyclic) bond motifs is 1. The lowest BCUT2D eigenvalue weighted by Gasteiger charge is -2.06. The molecular formula is C16H14N4O. The van der Waals surface area contributed by atoms with Gasteiger partial charge < -0.3 is 4.74 Å². The Hall–Kier alpha value is -2.87. The number of rotatable bonds is 4. The van der Waals surface area contributed by atoms with Gasteiger partial charge in [-0.2, -0.15) is 5.26 Å². The Morgan fingerprint density at radius 3 is 2.86 bits per heavy atom. The maximum atomic E-state index is 8.99. The van der Waals surface area contributed by atoms with Crippen LogP contribution in [0.15, 0.2) is 42.6 Å². The molecule has 5 nitrogen and oxygen atoms in total. The molecule has 0 radical (unpaired) electrons. The fourth-order valence-electron chi connectivity index (χ4n) is 2.17. The van der Waals surface area contributed by atoms with Crippen LogP contribution < -0.4 is 4.74 Å². The maximum Gasteiger partial charge on any atom is 0.161 e. The molecule has 2 aromatic heterocycles. The van der Waals surface area contributed by atoms with E-state index in [2.05, 4.69) is 16.0 Å². The molecule has 0 fully saturated rings. The number of ether oxygens (including phenoxy) is 1. The number of aromatic nitrogens is 3. The minimum absolute atomic E-state index is 0.208. The summed E-state index contributed by atoms with van der Waals surface area (Å²) in [6, 6.07) is 13.6. The highest BCUT2D eigenvalue weighted by Gasteiger charge is 2.12. The van der Waals surface area contributed by atoms with Crippen molar-refractivity contribution in [1.82, 2.24) is 14.5 Å². The van der Waals surface area contributed by atoms with E-state index in [1.54, 1.807) is 10.8 Å². The first-order valence-corrected chi connectivity index (χ1v) is 6.64. The SMILES string of the molecule is Cc1cnc2c(c1)nc(COc1ccccc1)n2CC#N. The zero-order valence-corrected chi connectivity index (χ0v) is 11.7. The number of pyridine rings is 1. The van der Waals surface area contributed by atoms with Crippen LogP contribution in [-0.4, -0.2) is 14.5 Å². The van der Waals surface area contributed by atoms with Crippen LogP contribution in [0.3, 0.4) is 0 Å². The molecule has 1 aromatic carbocycles. The van der Waals surface area contributed by atoms with Gasteiger partial charge in [0.05, 0.1) is 6.07 Å². The van der Waals surface area contributed by atoms with Crippen molar-refractivity contribution < 1.29 is 4.74 Å². The maximum absolute atomic E-state index is 8.99. The molecule has 3 rings (SSSR count). The van der Waals surface area contributed by atoms with E-state index in [4.69, 9.17) is 10.00 Å². The van der Waals surface area contributed by atoms with Gasteiger partial charge in [-0.1, -0.05) is 18.2 Å². The fraction of sp³-hybridized carbons (Fsp3) is 0.188. The van der Waals surface area contributed by atoms with Crippen LogP contribution in [0.2, 0.25) is 0 Å². The highest BCUT2D eigenvalue weighted by molar-refractivity contribution is 5.72. The number of para-hydroxylation sites is 1. The van der Waals surface area contributed by atoms with Gasteiger partial charge in [0, 0.05) is 6.20 Å². The van der Waals surface area contributed by atoms with Gasteiger partial charge in [-0.05, 0) is 30.7 Å². The van der Waals surface area contributed by atoms with Crippen molar-refractivity contribution in [2.75, 3.05) is 0 Å². The standard InChI is InChI=1S/C16H14N4O/c1-12-9-14-16(18-10-12)20(8-7-17)15(19-14)11-21-13-5-3-2-4-6-13/h2-6,9-10H,8,11H2,1H3. The van der Waals surface area contributed by atoms with Gasteiger partial charge in [0.15, 0.2) is 5.65 Å². The first kappa shape index (κ1) is 13.1. The molecule has 0 bridgehead atoms. The van der Waals surface area contributed by atoms with E-state index in [1.807, 2.05) is 43.3 Å². The van der Waals surface area contributed by atoms with Crippen molar-refractivity contribution in [3.8, 4) is 11.8 Å². The van der Waals surface area contributed by atoms with Crippen molar-refractivity contribution in [3.63, 3.8) is 0 Å². The third kappa shape index (κ3) is 2.70. The van der Waals surface area contributed by atoms with Crippen molar-refractivity contribution >= 4 is 11.2 Å². The molecule has 0 unspecified atom stereocenters. The highest BCUT2D eigenvalue weighted by atomic mass is 16.5. The molecule has 0 aliphatic heterocycles. The number of aryl methyl sites for hydroxylation is 1. The largest absolute Gasteiger partial charge is 0.486 e. The Kier molecular flexibility index (Phi) is 3.52. The normalized spacial score (nSPS) is 10.5. The van der Waals surface area contributed by atoms with Crippen LogP contribution in [0.4, 0.5) is 0 Å². The summed E-state index contributed by atoms with van der Waals surface area (Å²) >= 11 is 0. The van der Waals surface area contributed by atoms with E-state index < -0.39 is 0 Å². The summed E-state index contributed by atoms with van der Waals surface area (Å²) in [6.45, 7) is 2.48. The Labute approximate surface area is 122 Å². The summed E-state index contributed by atoms with van der Waals surface area (Å²) in [5, 5.41) is 8.99. The lowest BCUT2D eigenvalue weighted by molar-refractivity contribution is 0.291. The van der Waals surface area contributed by atoms with E-state index in [-0.39, 0.29) is 6.54 Å². The van der Waals surface area contributed by atoms with E-state index in [1.165, 1.54) is 0 Å². The van der Waals surface area contributed by atoms with Crippen LogP contribution >= 0.6 is 0 Å². The summed E-state index contributed by atoms with van der Waals surface area (Å²) in [6.07, 6.45) is 1.78. The first-order chi connectivity index (χ1) is 10.3. The third-order valence-electron chi connectivity index (χ3n) is 3.14. The molecule has 0 aliphatic carbocycles. The monoisotopic (exact) mass is 278 g/mol. The Morgan fingerprint density at radius 1 is 1.29 bits per heavy atom. The Balaban J connectivity index is 1.93. The van der Waals surface area contributed by atoms with Crippen LogP contribution in [0.1, 0.15) is 11.4 Å². The highest BCUT2D eigenvalue weighted by Crippen LogP contribution is 2.17. The summed E-state index contributed by atoms with van der Waals surface area (Å²) < 4.78 is 7.51. The van der Waals surface area contributed by atoms with Gasteiger partial charge in [-0.15, -0.1) is 0 Å². The molecule has 0 saturated carbocycles. The van der Waals surface area contributed by atoms with Crippen molar-refractivity contribution in [1.29, 1.82) is 5.26 Å². The molecule has 0 amide bonds. The van der Waals surface area contributed by atoms with Crippen molar-refractivity contribution in [2.24, 2.45) is 0 Å². The van der Waals surface area contributed by atoms with Gasteiger partial charge in [-0.25, -0.2) is 9.97 Å². The Morgan fingerprint density at radius 2 is 2.10 bits per heavy atom. The third-order valence-corrected chi connectivity index (χ3v) is 3.14. The van der Waals surface area contributed by atoms with Crippen LogP contribution in [0, 0.1) is 18.3 Å². The topological polar surface area (TPSA) is 63.7 Å². The zero-order valence-electron chi connectivity index (χ0n) is 11.7. The second-order valence-corrected chi connectivity index (χ2v) is 4.73. The van der Waals surface area contributed by atoms with Gasteiger partial charge in [0.2, 0.25) is 0 Å². The van der Waals surface area contributed by atoms with Gasteiger partial charge in [0.25, 0.3) is 0 Å². The number of nitriles is 1. The minimum Gasteiger partial charge on any atom is -0.486 e.